The molecule has 0 atom stereocenters. The fourth-order valence-electron chi connectivity index (χ4n) is 3.96. The van der Waals surface area contributed by atoms with Crippen LogP contribution in [0.1, 0.15) is 60.5 Å². The molecule has 0 fully saturated rings. The van der Waals surface area contributed by atoms with Gasteiger partial charge in [0, 0.05) is 11.1 Å². The molecule has 4 nitrogen and oxygen atoms in total. The number of H-pyrrole nitrogens is 1. The second kappa shape index (κ2) is 7.99. The molecule has 1 heterocycles. The Morgan fingerprint density at radius 2 is 1.48 bits per heavy atom. The van der Waals surface area contributed by atoms with Gasteiger partial charge in [0.25, 0.3) is 5.56 Å². The average molecular weight is 419 g/mol. The summed E-state index contributed by atoms with van der Waals surface area (Å²) in [6, 6.07) is 7.83. The van der Waals surface area contributed by atoms with Crippen LogP contribution in [-0.4, -0.2) is 15.6 Å². The van der Waals surface area contributed by atoms with Crippen LogP contribution >= 0.6 is 0 Å². The van der Waals surface area contributed by atoms with E-state index in [9.17, 15) is 9.59 Å². The van der Waals surface area contributed by atoms with Gasteiger partial charge in [-0.1, -0.05) is 72.7 Å². The molecule has 0 amide bonds. The first kappa shape index (κ1) is 22.8. The summed E-state index contributed by atoms with van der Waals surface area (Å²) in [6.45, 7) is 16.3. The lowest BCUT2D eigenvalue weighted by Crippen LogP contribution is -2.38. The molecule has 4 heteroatoms. The third kappa shape index (κ3) is 4.30. The third-order valence-electron chi connectivity index (χ3n) is 5.68. The van der Waals surface area contributed by atoms with Crippen molar-refractivity contribution in [3.63, 3.8) is 0 Å². The number of rotatable bonds is 2. The van der Waals surface area contributed by atoms with Gasteiger partial charge in [-0.3, -0.25) is 14.7 Å². The number of para-hydroxylation sites is 1. The van der Waals surface area contributed by atoms with Crippen LogP contribution in [-0.2, 0) is 4.79 Å². The van der Waals surface area contributed by atoms with E-state index in [1.807, 2.05) is 91.0 Å². The van der Waals surface area contributed by atoms with Crippen molar-refractivity contribution in [1.29, 1.82) is 0 Å². The summed E-state index contributed by atoms with van der Waals surface area (Å²) < 4.78 is 1.62. The Kier molecular flexibility index (Phi) is 5.88. The molecule has 1 aliphatic carbocycles. The fraction of sp³-hybridized carbons (Fsp3) is 0.407. The zero-order chi connectivity index (χ0) is 23.1. The molecule has 0 radical (unpaired) electrons. The Bertz CT molecular complexity index is 1230. The van der Waals surface area contributed by atoms with Gasteiger partial charge in [0.2, 0.25) is 0 Å². The van der Waals surface area contributed by atoms with E-state index < -0.39 is 0 Å². The minimum atomic E-state index is -0.326. The Labute approximate surface area is 184 Å². The van der Waals surface area contributed by atoms with Crippen LogP contribution in [0.4, 0.5) is 0 Å². The predicted molar refractivity (Wildman–Crippen MR) is 129 cm³/mol. The first-order chi connectivity index (χ1) is 14.4. The number of nitrogens with zero attached hydrogens (tertiary/aromatic N) is 1. The van der Waals surface area contributed by atoms with Crippen molar-refractivity contribution in [1.82, 2.24) is 9.78 Å². The molecular formula is C27H34N2O2. The van der Waals surface area contributed by atoms with E-state index in [-0.39, 0.29) is 22.2 Å². The maximum Gasteiger partial charge on any atom is 0.279 e. The number of carbonyl (C=O) groups excluding carboxylic acids is 1. The second-order valence-electron chi connectivity index (χ2n) is 10.3. The quantitative estimate of drug-likeness (QED) is 0.789. The van der Waals surface area contributed by atoms with Crippen LogP contribution in [0, 0.1) is 17.8 Å². The smallest absolute Gasteiger partial charge is 0.279 e. The third-order valence-corrected chi connectivity index (χ3v) is 5.68. The second-order valence-corrected chi connectivity index (χ2v) is 10.3. The SMILES string of the molecule is CCC=c1[nH]n(-c2ccccc2C)c(=O)c1=C1C=C(C(C)(C)C)C(=O)C(C(C)(C)C)=C1. The number of aryl methyl sites for hydroxylation is 1. The molecule has 0 bridgehead atoms. The zero-order valence-electron chi connectivity index (χ0n) is 20.0. The lowest BCUT2D eigenvalue weighted by Gasteiger charge is -2.31. The summed E-state index contributed by atoms with van der Waals surface area (Å²) in [4.78, 5) is 27.0. The van der Waals surface area contributed by atoms with E-state index in [2.05, 4.69) is 12.0 Å². The highest BCUT2D eigenvalue weighted by atomic mass is 16.1. The topological polar surface area (TPSA) is 54.9 Å². The molecule has 3 rings (SSSR count). The standard InChI is InChI=1S/C27H34N2O2/c1-9-12-21-23(25(31)29(28-21)22-14-11-10-13-17(22)2)18-15-19(26(3,4)5)24(30)20(16-18)27(6,7)8/h10-16,28H,9H2,1-8H3. The number of hydrogen-bond donors (Lipinski definition) is 1. The Hall–Kier alpha value is -2.88. The summed E-state index contributed by atoms with van der Waals surface area (Å²) in [5.41, 5.74) is 3.36. The monoisotopic (exact) mass is 418 g/mol. The van der Waals surface area contributed by atoms with E-state index in [0.29, 0.717) is 5.22 Å². The van der Waals surface area contributed by atoms with Crippen LogP contribution in [0.5, 0.6) is 0 Å². The largest absolute Gasteiger partial charge is 0.291 e. The van der Waals surface area contributed by atoms with Crippen LogP contribution in [0.2, 0.25) is 0 Å². The van der Waals surface area contributed by atoms with Gasteiger partial charge in [0.15, 0.2) is 5.78 Å². The molecular weight excluding hydrogens is 384 g/mol. The van der Waals surface area contributed by atoms with Crippen molar-refractivity contribution in [3.05, 3.63) is 74.0 Å². The highest BCUT2D eigenvalue weighted by molar-refractivity contribution is 6.14. The van der Waals surface area contributed by atoms with Crippen molar-refractivity contribution in [2.45, 2.75) is 61.8 Å². The number of benzene rings is 1. The molecule has 2 aromatic rings. The normalized spacial score (nSPS) is 15.9. The van der Waals surface area contributed by atoms with Crippen LogP contribution in [0.3, 0.4) is 0 Å². The van der Waals surface area contributed by atoms with Gasteiger partial charge in [-0.2, -0.15) is 0 Å². The minimum absolute atomic E-state index is 0.0690. The number of aromatic nitrogens is 2. The van der Waals surface area contributed by atoms with Crippen molar-refractivity contribution in [3.8, 4) is 5.69 Å². The van der Waals surface area contributed by atoms with E-state index in [1.54, 1.807) is 4.68 Å². The number of ketones is 1. The predicted octanol–water partition coefficient (Wildman–Crippen LogP) is 4.34. The van der Waals surface area contributed by atoms with E-state index in [1.165, 1.54) is 0 Å². The molecule has 1 N–H and O–H groups in total. The number of hydrogen-bond acceptors (Lipinski definition) is 2. The molecule has 1 aliphatic rings. The van der Waals surface area contributed by atoms with E-state index in [4.69, 9.17) is 0 Å². The molecule has 0 saturated carbocycles. The van der Waals surface area contributed by atoms with Crippen molar-refractivity contribution in [2.75, 3.05) is 0 Å². The van der Waals surface area contributed by atoms with Gasteiger partial charge >= 0.3 is 0 Å². The molecule has 164 valence electrons. The van der Waals surface area contributed by atoms with Gasteiger partial charge in [-0.25, -0.2) is 4.68 Å². The Morgan fingerprint density at radius 1 is 0.935 bits per heavy atom. The van der Waals surface area contributed by atoms with Gasteiger partial charge in [0.1, 0.15) is 0 Å². The fourth-order valence-corrected chi connectivity index (χ4v) is 3.96. The number of nitrogens with one attached hydrogen (secondary N) is 1. The van der Waals surface area contributed by atoms with Gasteiger partial charge in [0.05, 0.1) is 16.3 Å². The summed E-state index contributed by atoms with van der Waals surface area (Å²) >= 11 is 0. The highest BCUT2D eigenvalue weighted by Crippen LogP contribution is 2.38. The van der Waals surface area contributed by atoms with Gasteiger partial charge in [-0.15, -0.1) is 0 Å². The maximum atomic E-state index is 13.7. The first-order valence-corrected chi connectivity index (χ1v) is 11.0. The summed E-state index contributed by atoms with van der Waals surface area (Å²) in [6.07, 6.45) is 6.65. The maximum absolute atomic E-state index is 13.7. The lowest BCUT2D eigenvalue weighted by atomic mass is 9.72. The van der Waals surface area contributed by atoms with Crippen molar-refractivity contribution < 1.29 is 4.79 Å². The Balaban J connectivity index is 2.49. The van der Waals surface area contributed by atoms with E-state index in [0.717, 1.165) is 39.7 Å². The van der Waals surface area contributed by atoms with Crippen LogP contribution in [0.25, 0.3) is 17.3 Å². The Morgan fingerprint density at radius 3 is 1.97 bits per heavy atom. The molecule has 0 saturated heterocycles. The minimum Gasteiger partial charge on any atom is -0.291 e. The van der Waals surface area contributed by atoms with Crippen molar-refractivity contribution in [2.24, 2.45) is 10.8 Å². The molecule has 0 unspecified atom stereocenters. The number of allylic oxidation sites excluding steroid dienone is 4. The van der Waals surface area contributed by atoms with Crippen molar-refractivity contribution >= 4 is 17.4 Å². The number of aromatic amines is 1. The summed E-state index contributed by atoms with van der Waals surface area (Å²) in [5.74, 6) is 0.0690. The summed E-state index contributed by atoms with van der Waals surface area (Å²) in [7, 11) is 0. The molecule has 0 aliphatic heterocycles. The highest BCUT2D eigenvalue weighted by Gasteiger charge is 2.34. The number of carbonyl (C=O) groups is 1. The zero-order valence-corrected chi connectivity index (χ0v) is 20.0. The molecule has 0 spiro atoms. The van der Waals surface area contributed by atoms with Gasteiger partial charge in [-0.05, 0) is 53.5 Å². The average Bonchev–Trinajstić information content (AvgIpc) is 2.97. The van der Waals surface area contributed by atoms with Gasteiger partial charge < -0.3 is 0 Å². The van der Waals surface area contributed by atoms with Crippen LogP contribution < -0.4 is 16.1 Å². The molecule has 31 heavy (non-hydrogen) atoms. The van der Waals surface area contributed by atoms with Crippen LogP contribution in [0.15, 0.2) is 52.4 Å². The number of Topliss-reactive ketones (excluding diaryl/α,β-unsaturated/α-hetero) is 1. The summed E-state index contributed by atoms with van der Waals surface area (Å²) in [5, 5.41) is 4.71. The molecule has 1 aromatic carbocycles. The van der Waals surface area contributed by atoms with E-state index >= 15 is 0 Å². The first-order valence-electron chi connectivity index (χ1n) is 11.0. The lowest BCUT2D eigenvalue weighted by molar-refractivity contribution is -0.114. The molecule has 1 aromatic heterocycles.